The Kier molecular flexibility index (Phi) is 5.65. The average molecular weight is 455 g/mol. The van der Waals surface area contributed by atoms with Crippen molar-refractivity contribution in [3.05, 3.63) is 63.0 Å². The second kappa shape index (κ2) is 8.72. The lowest BCUT2D eigenvalue weighted by molar-refractivity contribution is -0.137. The first-order valence-electron chi connectivity index (χ1n) is 10.2. The normalized spacial score (nSPS) is 17.7. The fourth-order valence-electron chi connectivity index (χ4n) is 3.97. The predicted molar refractivity (Wildman–Crippen MR) is 121 cm³/mol. The molecular formula is C23H22N2O4S2. The van der Waals surface area contributed by atoms with E-state index in [4.69, 9.17) is 9.47 Å². The molecule has 5 rings (SSSR count). The van der Waals surface area contributed by atoms with Crippen LogP contribution in [0.4, 0.5) is 5.69 Å². The van der Waals surface area contributed by atoms with E-state index in [-0.39, 0.29) is 24.2 Å². The van der Waals surface area contributed by atoms with Crippen LogP contribution in [0.25, 0.3) is 0 Å². The molecule has 2 aromatic heterocycles. The molecule has 3 aromatic rings. The van der Waals surface area contributed by atoms with Gasteiger partial charge in [0.05, 0.1) is 19.0 Å². The molecule has 0 spiro atoms. The number of hydrogen-bond acceptors (Lipinski definition) is 6. The van der Waals surface area contributed by atoms with Crippen LogP contribution in [-0.2, 0) is 22.7 Å². The Morgan fingerprint density at radius 1 is 1.00 bits per heavy atom. The third-order valence-electron chi connectivity index (χ3n) is 5.48. The Hall–Kier alpha value is -2.84. The van der Waals surface area contributed by atoms with Crippen molar-refractivity contribution < 1.29 is 19.1 Å². The quantitative estimate of drug-likeness (QED) is 0.561. The highest BCUT2D eigenvalue weighted by molar-refractivity contribution is 7.10. The van der Waals surface area contributed by atoms with Crippen molar-refractivity contribution in [2.75, 3.05) is 24.7 Å². The summed E-state index contributed by atoms with van der Waals surface area (Å²) in [4.78, 5) is 32.1. The van der Waals surface area contributed by atoms with E-state index in [0.717, 1.165) is 15.4 Å². The molecule has 0 aliphatic carbocycles. The number of fused-ring (bicyclic) bond motifs is 1. The van der Waals surface area contributed by atoms with E-state index >= 15 is 0 Å². The fraction of sp³-hybridized carbons (Fsp3) is 0.304. The lowest BCUT2D eigenvalue weighted by Crippen LogP contribution is -2.36. The van der Waals surface area contributed by atoms with Crippen LogP contribution in [0.3, 0.4) is 0 Å². The van der Waals surface area contributed by atoms with Crippen molar-refractivity contribution in [2.24, 2.45) is 5.92 Å². The van der Waals surface area contributed by atoms with E-state index in [9.17, 15) is 9.59 Å². The summed E-state index contributed by atoms with van der Waals surface area (Å²) in [5, 5.41) is 4.04. The van der Waals surface area contributed by atoms with E-state index in [1.165, 1.54) is 0 Å². The molecule has 6 nitrogen and oxygen atoms in total. The van der Waals surface area contributed by atoms with Crippen molar-refractivity contribution >= 4 is 40.2 Å². The van der Waals surface area contributed by atoms with Gasteiger partial charge in [0.1, 0.15) is 13.2 Å². The van der Waals surface area contributed by atoms with Gasteiger partial charge in [0.25, 0.3) is 0 Å². The van der Waals surface area contributed by atoms with Crippen molar-refractivity contribution in [1.29, 1.82) is 0 Å². The number of rotatable bonds is 6. The summed E-state index contributed by atoms with van der Waals surface area (Å²) in [7, 11) is 0. The Bertz CT molecular complexity index is 1030. The third-order valence-corrected chi connectivity index (χ3v) is 7.20. The summed E-state index contributed by atoms with van der Waals surface area (Å²) < 4.78 is 11.2. The number of anilines is 1. The molecule has 1 saturated heterocycles. The SMILES string of the molecule is O=C(C1CC(=O)N(c2ccc3c(c2)OCCO3)C1)N(Cc1cccs1)Cc1cccs1. The van der Waals surface area contributed by atoms with Gasteiger partial charge in [-0.25, -0.2) is 0 Å². The monoisotopic (exact) mass is 454 g/mol. The Balaban J connectivity index is 1.33. The average Bonchev–Trinajstić information content (AvgIpc) is 3.55. The van der Waals surface area contributed by atoms with Crippen LogP contribution in [0, 0.1) is 5.92 Å². The van der Waals surface area contributed by atoms with E-state index in [0.29, 0.717) is 44.3 Å². The Labute approximate surface area is 188 Å². The number of hydrogen-bond donors (Lipinski definition) is 0. The molecule has 160 valence electrons. The van der Waals surface area contributed by atoms with Gasteiger partial charge >= 0.3 is 0 Å². The third kappa shape index (κ3) is 4.31. The minimum atomic E-state index is -0.361. The molecule has 2 aliphatic rings. The first-order chi connectivity index (χ1) is 15.2. The maximum atomic E-state index is 13.5. The van der Waals surface area contributed by atoms with Crippen molar-refractivity contribution in [3.8, 4) is 11.5 Å². The van der Waals surface area contributed by atoms with Crippen LogP contribution in [0.1, 0.15) is 16.2 Å². The fourth-order valence-corrected chi connectivity index (χ4v) is 5.41. The number of nitrogens with zero attached hydrogens (tertiary/aromatic N) is 2. The van der Waals surface area contributed by atoms with Crippen molar-refractivity contribution in [2.45, 2.75) is 19.5 Å². The first kappa shape index (κ1) is 20.1. The number of benzene rings is 1. The van der Waals surface area contributed by atoms with Crippen LogP contribution in [0.15, 0.2) is 53.2 Å². The van der Waals surface area contributed by atoms with Crippen LogP contribution in [0.2, 0.25) is 0 Å². The van der Waals surface area contributed by atoms with Crippen LogP contribution in [0.5, 0.6) is 11.5 Å². The molecule has 2 amide bonds. The number of amides is 2. The molecule has 1 atom stereocenters. The highest BCUT2D eigenvalue weighted by Gasteiger charge is 2.37. The van der Waals surface area contributed by atoms with E-state index in [1.807, 2.05) is 58.1 Å². The summed E-state index contributed by atoms with van der Waals surface area (Å²) in [5.74, 6) is 0.953. The van der Waals surface area contributed by atoms with Gasteiger partial charge < -0.3 is 19.3 Å². The number of carbonyl (C=O) groups excluding carboxylic acids is 2. The molecule has 1 unspecified atom stereocenters. The van der Waals surface area contributed by atoms with Gasteiger partial charge in [-0.3, -0.25) is 9.59 Å². The maximum absolute atomic E-state index is 13.5. The minimum Gasteiger partial charge on any atom is -0.486 e. The van der Waals surface area contributed by atoms with Gasteiger partial charge in [0.15, 0.2) is 11.5 Å². The predicted octanol–water partition coefficient (Wildman–Crippen LogP) is 4.16. The number of carbonyl (C=O) groups is 2. The van der Waals surface area contributed by atoms with Gasteiger partial charge in [-0.15, -0.1) is 22.7 Å². The topological polar surface area (TPSA) is 59.1 Å². The lowest BCUT2D eigenvalue weighted by Gasteiger charge is -2.25. The molecule has 31 heavy (non-hydrogen) atoms. The Morgan fingerprint density at radius 2 is 1.68 bits per heavy atom. The van der Waals surface area contributed by atoms with Crippen LogP contribution < -0.4 is 14.4 Å². The van der Waals surface area contributed by atoms with Gasteiger partial charge in [0, 0.05) is 34.5 Å². The molecule has 2 aliphatic heterocycles. The van der Waals surface area contributed by atoms with E-state index < -0.39 is 0 Å². The number of ether oxygens (including phenoxy) is 2. The molecule has 4 heterocycles. The summed E-state index contributed by atoms with van der Waals surface area (Å²) in [5.41, 5.74) is 0.743. The zero-order chi connectivity index (χ0) is 21.2. The second-order valence-electron chi connectivity index (χ2n) is 7.59. The molecule has 0 saturated carbocycles. The minimum absolute atomic E-state index is 0.0233. The van der Waals surface area contributed by atoms with Gasteiger partial charge in [-0.1, -0.05) is 12.1 Å². The zero-order valence-corrected chi connectivity index (χ0v) is 18.5. The zero-order valence-electron chi connectivity index (χ0n) is 16.9. The largest absolute Gasteiger partial charge is 0.486 e. The maximum Gasteiger partial charge on any atom is 0.228 e. The number of thiophene rings is 2. The van der Waals surface area contributed by atoms with Crippen LogP contribution >= 0.6 is 22.7 Å². The smallest absolute Gasteiger partial charge is 0.228 e. The van der Waals surface area contributed by atoms with Gasteiger partial charge in [-0.05, 0) is 35.0 Å². The standard InChI is InChI=1S/C23H22N2O4S2/c26-22-11-16(13-25(22)17-5-6-20-21(12-17)29-8-7-28-20)23(27)24(14-18-3-1-9-30-18)15-19-4-2-10-31-19/h1-6,9-10,12,16H,7-8,11,13-15H2. The molecule has 0 radical (unpaired) electrons. The highest BCUT2D eigenvalue weighted by atomic mass is 32.1. The molecule has 1 fully saturated rings. The second-order valence-corrected chi connectivity index (χ2v) is 9.65. The highest BCUT2D eigenvalue weighted by Crippen LogP contribution is 2.36. The summed E-state index contributed by atoms with van der Waals surface area (Å²) in [6.07, 6.45) is 0.221. The van der Waals surface area contributed by atoms with E-state index in [2.05, 4.69) is 0 Å². The Morgan fingerprint density at radius 3 is 2.32 bits per heavy atom. The van der Waals surface area contributed by atoms with Crippen molar-refractivity contribution in [1.82, 2.24) is 4.90 Å². The summed E-state index contributed by atoms with van der Waals surface area (Å²) in [6.45, 7) is 2.51. The first-order valence-corrected chi connectivity index (χ1v) is 12.0. The van der Waals surface area contributed by atoms with Gasteiger partial charge in [-0.2, -0.15) is 0 Å². The van der Waals surface area contributed by atoms with Crippen LogP contribution in [-0.4, -0.2) is 36.5 Å². The molecule has 1 aromatic carbocycles. The van der Waals surface area contributed by atoms with Crippen molar-refractivity contribution in [3.63, 3.8) is 0 Å². The molecule has 8 heteroatoms. The van der Waals surface area contributed by atoms with E-state index in [1.54, 1.807) is 27.6 Å². The summed E-state index contributed by atoms with van der Waals surface area (Å²) in [6, 6.07) is 13.6. The summed E-state index contributed by atoms with van der Waals surface area (Å²) >= 11 is 3.28. The molecule has 0 bridgehead atoms. The molecular weight excluding hydrogens is 432 g/mol. The van der Waals surface area contributed by atoms with Gasteiger partial charge in [0.2, 0.25) is 11.8 Å². The molecule has 0 N–H and O–H groups in total. The lowest BCUT2D eigenvalue weighted by atomic mass is 10.1.